The van der Waals surface area contributed by atoms with Crippen LogP contribution in [0.5, 0.6) is 0 Å². The highest BCUT2D eigenvalue weighted by Gasteiger charge is 2.00. The van der Waals surface area contributed by atoms with E-state index >= 15 is 0 Å². The Balaban J connectivity index is 1.97. The number of H-pyrrole nitrogens is 1. The van der Waals surface area contributed by atoms with Crippen molar-refractivity contribution in [3.8, 4) is 16.9 Å². The largest absolute Gasteiger partial charge is 0.278 e. The zero-order valence-corrected chi connectivity index (χ0v) is 8.41. The SMILES string of the molecule is c1cc(-c2ccc(-n3cncn3)cc2)[nH]n1. The van der Waals surface area contributed by atoms with E-state index in [0.29, 0.717) is 0 Å². The number of nitrogens with one attached hydrogen (secondary N) is 1. The van der Waals surface area contributed by atoms with Gasteiger partial charge < -0.3 is 0 Å². The molecule has 0 fully saturated rings. The molecule has 0 spiro atoms. The molecule has 0 saturated heterocycles. The van der Waals surface area contributed by atoms with Crippen LogP contribution in [-0.2, 0) is 0 Å². The maximum Gasteiger partial charge on any atom is 0.138 e. The standard InChI is InChI=1S/C11H9N5/c1-3-10(16-8-12-7-14-16)4-2-9(1)11-5-6-13-15-11/h1-8H,(H,13,15). The Hall–Kier alpha value is -2.43. The predicted molar refractivity (Wildman–Crippen MR) is 58.9 cm³/mol. The van der Waals surface area contributed by atoms with Crippen LogP contribution in [-0.4, -0.2) is 25.0 Å². The smallest absolute Gasteiger partial charge is 0.138 e. The number of rotatable bonds is 2. The molecule has 0 saturated carbocycles. The molecule has 5 heteroatoms. The second-order valence-corrected chi connectivity index (χ2v) is 3.36. The van der Waals surface area contributed by atoms with E-state index in [1.807, 2.05) is 30.3 Å². The molecule has 0 aliphatic carbocycles. The van der Waals surface area contributed by atoms with E-state index in [0.717, 1.165) is 16.9 Å². The van der Waals surface area contributed by atoms with E-state index < -0.39 is 0 Å². The van der Waals surface area contributed by atoms with Gasteiger partial charge in [0.15, 0.2) is 0 Å². The lowest BCUT2D eigenvalue weighted by atomic mass is 10.1. The molecule has 2 heterocycles. The molecule has 3 aromatic rings. The number of nitrogens with zero attached hydrogens (tertiary/aromatic N) is 4. The van der Waals surface area contributed by atoms with Crippen molar-refractivity contribution in [1.29, 1.82) is 0 Å². The van der Waals surface area contributed by atoms with Crippen molar-refractivity contribution in [2.24, 2.45) is 0 Å². The Morgan fingerprint density at radius 3 is 2.56 bits per heavy atom. The zero-order valence-electron chi connectivity index (χ0n) is 8.41. The van der Waals surface area contributed by atoms with E-state index in [4.69, 9.17) is 0 Å². The maximum absolute atomic E-state index is 4.06. The first-order chi connectivity index (χ1) is 7.93. The summed E-state index contributed by atoms with van der Waals surface area (Å²) in [6.45, 7) is 0. The fraction of sp³-hybridized carbons (Fsp3) is 0. The van der Waals surface area contributed by atoms with E-state index in [-0.39, 0.29) is 0 Å². The van der Waals surface area contributed by atoms with Crippen LogP contribution in [0.25, 0.3) is 16.9 Å². The van der Waals surface area contributed by atoms with Crippen molar-refractivity contribution in [1.82, 2.24) is 25.0 Å². The topological polar surface area (TPSA) is 59.4 Å². The fourth-order valence-corrected chi connectivity index (χ4v) is 1.55. The summed E-state index contributed by atoms with van der Waals surface area (Å²) < 4.78 is 1.72. The summed E-state index contributed by atoms with van der Waals surface area (Å²) in [6.07, 6.45) is 4.93. The lowest BCUT2D eigenvalue weighted by molar-refractivity contribution is 0.879. The van der Waals surface area contributed by atoms with Gasteiger partial charge in [-0.25, -0.2) is 9.67 Å². The van der Waals surface area contributed by atoms with Crippen molar-refractivity contribution in [2.75, 3.05) is 0 Å². The molecule has 0 aliphatic rings. The van der Waals surface area contributed by atoms with Crippen LogP contribution in [0.2, 0.25) is 0 Å². The van der Waals surface area contributed by atoms with Crippen molar-refractivity contribution in [3.63, 3.8) is 0 Å². The molecule has 0 bridgehead atoms. The molecule has 78 valence electrons. The lowest BCUT2D eigenvalue weighted by Gasteiger charge is -2.01. The average molecular weight is 211 g/mol. The quantitative estimate of drug-likeness (QED) is 0.701. The minimum Gasteiger partial charge on any atom is -0.278 e. The fourth-order valence-electron chi connectivity index (χ4n) is 1.55. The van der Waals surface area contributed by atoms with Crippen molar-refractivity contribution in [2.45, 2.75) is 0 Å². The van der Waals surface area contributed by atoms with Gasteiger partial charge in [-0.15, -0.1) is 0 Å². The molecular weight excluding hydrogens is 202 g/mol. The highest BCUT2D eigenvalue weighted by molar-refractivity contribution is 5.60. The van der Waals surface area contributed by atoms with Crippen molar-refractivity contribution in [3.05, 3.63) is 49.2 Å². The van der Waals surface area contributed by atoms with Gasteiger partial charge >= 0.3 is 0 Å². The molecule has 2 aromatic heterocycles. The lowest BCUT2D eigenvalue weighted by Crippen LogP contribution is -1.93. The van der Waals surface area contributed by atoms with Gasteiger partial charge in [0, 0.05) is 6.20 Å². The Morgan fingerprint density at radius 1 is 1.06 bits per heavy atom. The Kier molecular flexibility index (Phi) is 2.00. The summed E-state index contributed by atoms with van der Waals surface area (Å²) in [5, 5.41) is 10.9. The maximum atomic E-state index is 4.06. The first-order valence-electron chi connectivity index (χ1n) is 4.88. The molecule has 0 aliphatic heterocycles. The van der Waals surface area contributed by atoms with E-state index in [1.54, 1.807) is 17.2 Å². The summed E-state index contributed by atoms with van der Waals surface area (Å²) in [4.78, 5) is 3.91. The number of hydrogen-bond acceptors (Lipinski definition) is 3. The number of hydrogen-bond donors (Lipinski definition) is 1. The van der Waals surface area contributed by atoms with E-state index in [2.05, 4.69) is 20.3 Å². The van der Waals surface area contributed by atoms with Gasteiger partial charge in [-0.1, -0.05) is 12.1 Å². The summed E-state index contributed by atoms with van der Waals surface area (Å²) >= 11 is 0. The monoisotopic (exact) mass is 211 g/mol. The van der Waals surface area contributed by atoms with Crippen LogP contribution in [0.3, 0.4) is 0 Å². The molecule has 0 amide bonds. The molecule has 0 atom stereocenters. The molecule has 0 radical (unpaired) electrons. The Labute approximate surface area is 91.8 Å². The normalized spacial score (nSPS) is 10.5. The third kappa shape index (κ3) is 1.48. The van der Waals surface area contributed by atoms with Crippen molar-refractivity contribution >= 4 is 0 Å². The van der Waals surface area contributed by atoms with Gasteiger partial charge in [-0.2, -0.15) is 10.2 Å². The minimum atomic E-state index is 0.987. The molecular formula is C11H9N5. The van der Waals surface area contributed by atoms with E-state index in [9.17, 15) is 0 Å². The number of benzene rings is 1. The predicted octanol–water partition coefficient (Wildman–Crippen LogP) is 1.66. The van der Waals surface area contributed by atoms with Crippen LogP contribution in [0.1, 0.15) is 0 Å². The third-order valence-corrected chi connectivity index (χ3v) is 2.36. The Morgan fingerprint density at radius 2 is 1.94 bits per heavy atom. The molecule has 1 aromatic carbocycles. The van der Waals surface area contributed by atoms with E-state index in [1.165, 1.54) is 6.33 Å². The van der Waals surface area contributed by atoms with Crippen LogP contribution < -0.4 is 0 Å². The molecule has 1 N–H and O–H groups in total. The highest BCUT2D eigenvalue weighted by atomic mass is 15.3. The average Bonchev–Trinajstić information content (AvgIpc) is 3.03. The third-order valence-electron chi connectivity index (χ3n) is 2.36. The van der Waals surface area contributed by atoms with Crippen LogP contribution in [0.15, 0.2) is 49.2 Å². The number of aromatic nitrogens is 5. The Bertz CT molecular complexity index is 498. The van der Waals surface area contributed by atoms with Gasteiger partial charge in [0.1, 0.15) is 12.7 Å². The first kappa shape index (κ1) is 8.84. The van der Waals surface area contributed by atoms with Crippen LogP contribution >= 0.6 is 0 Å². The molecule has 16 heavy (non-hydrogen) atoms. The van der Waals surface area contributed by atoms with Gasteiger partial charge in [-0.05, 0) is 23.8 Å². The number of aromatic amines is 1. The second kappa shape index (κ2) is 3.62. The van der Waals surface area contributed by atoms with Gasteiger partial charge in [0.2, 0.25) is 0 Å². The summed E-state index contributed by atoms with van der Waals surface area (Å²) in [5.41, 5.74) is 3.09. The van der Waals surface area contributed by atoms with Crippen molar-refractivity contribution < 1.29 is 0 Å². The molecule has 0 unspecified atom stereocenters. The van der Waals surface area contributed by atoms with Crippen LogP contribution in [0, 0.1) is 0 Å². The molecule has 3 rings (SSSR count). The zero-order chi connectivity index (χ0) is 10.8. The van der Waals surface area contributed by atoms with Crippen LogP contribution in [0.4, 0.5) is 0 Å². The van der Waals surface area contributed by atoms with Gasteiger partial charge in [-0.3, -0.25) is 5.10 Å². The first-order valence-corrected chi connectivity index (χ1v) is 4.88. The summed E-state index contributed by atoms with van der Waals surface area (Å²) in [5.74, 6) is 0. The molecule has 5 nitrogen and oxygen atoms in total. The second-order valence-electron chi connectivity index (χ2n) is 3.36. The van der Waals surface area contributed by atoms with Gasteiger partial charge in [0.05, 0.1) is 11.4 Å². The summed E-state index contributed by atoms with van der Waals surface area (Å²) in [7, 11) is 0. The highest BCUT2D eigenvalue weighted by Crippen LogP contribution is 2.17. The van der Waals surface area contributed by atoms with Gasteiger partial charge in [0.25, 0.3) is 0 Å². The summed E-state index contributed by atoms with van der Waals surface area (Å²) in [6, 6.07) is 9.95. The minimum absolute atomic E-state index is 0.987.